The highest BCUT2D eigenvalue weighted by atomic mass is 15.0. The quantitative estimate of drug-likeness (QED) is 0.645. The highest BCUT2D eigenvalue weighted by Gasteiger charge is 2.22. The molecule has 21 heavy (non-hydrogen) atoms. The van der Waals surface area contributed by atoms with Gasteiger partial charge in [-0.25, -0.2) is 4.98 Å². The maximum absolute atomic E-state index is 5.85. The summed E-state index contributed by atoms with van der Waals surface area (Å²) in [5.41, 5.74) is 11.6. The summed E-state index contributed by atoms with van der Waals surface area (Å²) < 4.78 is 0. The molecule has 3 aromatic rings. The molecular formula is C17H18N4. The van der Waals surface area contributed by atoms with E-state index in [1.165, 1.54) is 11.1 Å². The monoisotopic (exact) mass is 278 g/mol. The Hall–Kier alpha value is -2.33. The van der Waals surface area contributed by atoms with E-state index in [9.17, 15) is 0 Å². The lowest BCUT2D eigenvalue weighted by molar-refractivity contribution is 0.521. The fourth-order valence-corrected chi connectivity index (χ4v) is 3.16. The van der Waals surface area contributed by atoms with E-state index in [0.29, 0.717) is 6.04 Å². The molecule has 0 saturated carbocycles. The van der Waals surface area contributed by atoms with Gasteiger partial charge in [0.1, 0.15) is 5.82 Å². The highest BCUT2D eigenvalue weighted by Crippen LogP contribution is 2.32. The average Bonchev–Trinajstić information content (AvgIpc) is 3.07. The zero-order valence-corrected chi connectivity index (χ0v) is 11.8. The Morgan fingerprint density at radius 2 is 2.14 bits per heavy atom. The molecule has 4 nitrogen and oxygen atoms in total. The molecule has 4 rings (SSSR count). The molecule has 0 bridgehead atoms. The summed E-state index contributed by atoms with van der Waals surface area (Å²) >= 11 is 0. The molecule has 106 valence electrons. The van der Waals surface area contributed by atoms with E-state index >= 15 is 0 Å². The molecule has 1 aliphatic rings. The zero-order valence-electron chi connectivity index (χ0n) is 11.8. The van der Waals surface area contributed by atoms with Gasteiger partial charge in [-0.3, -0.25) is 0 Å². The minimum atomic E-state index is 0.397. The van der Waals surface area contributed by atoms with E-state index in [1.54, 1.807) is 0 Å². The van der Waals surface area contributed by atoms with E-state index in [4.69, 9.17) is 5.73 Å². The van der Waals surface area contributed by atoms with Gasteiger partial charge in [-0.2, -0.15) is 0 Å². The number of nitrogen functional groups attached to an aromatic ring is 1. The number of nitrogens with two attached hydrogens (primary N) is 1. The number of aryl methyl sites for hydroxylation is 1. The fourth-order valence-electron chi connectivity index (χ4n) is 3.16. The lowest BCUT2D eigenvalue weighted by atomic mass is 10.1. The van der Waals surface area contributed by atoms with Crippen LogP contribution < -0.4 is 11.1 Å². The minimum Gasteiger partial charge on any atom is -0.399 e. The average molecular weight is 278 g/mol. The summed E-state index contributed by atoms with van der Waals surface area (Å²) in [5.74, 6) is 0.986. The number of rotatable bonds is 3. The van der Waals surface area contributed by atoms with Crippen molar-refractivity contribution in [3.63, 3.8) is 0 Å². The van der Waals surface area contributed by atoms with E-state index in [1.807, 2.05) is 24.3 Å². The Morgan fingerprint density at radius 3 is 3.05 bits per heavy atom. The molecule has 1 aliphatic carbocycles. The van der Waals surface area contributed by atoms with Gasteiger partial charge in [0, 0.05) is 11.7 Å². The molecule has 0 radical (unpaired) electrons. The van der Waals surface area contributed by atoms with Crippen molar-refractivity contribution in [1.82, 2.24) is 15.3 Å². The van der Waals surface area contributed by atoms with Crippen LogP contribution in [0.4, 0.5) is 5.69 Å². The van der Waals surface area contributed by atoms with E-state index in [-0.39, 0.29) is 0 Å². The van der Waals surface area contributed by atoms with Crippen LogP contribution in [-0.2, 0) is 13.0 Å². The van der Waals surface area contributed by atoms with Gasteiger partial charge in [0.15, 0.2) is 0 Å². The fraction of sp³-hybridized carbons (Fsp3) is 0.235. The lowest BCUT2D eigenvalue weighted by Gasteiger charge is -2.13. The predicted molar refractivity (Wildman–Crippen MR) is 84.8 cm³/mol. The Morgan fingerprint density at radius 1 is 1.24 bits per heavy atom. The Kier molecular flexibility index (Phi) is 2.89. The van der Waals surface area contributed by atoms with E-state index in [2.05, 4.69) is 33.5 Å². The largest absolute Gasteiger partial charge is 0.399 e. The maximum atomic E-state index is 5.85. The van der Waals surface area contributed by atoms with Crippen molar-refractivity contribution in [3.8, 4) is 0 Å². The van der Waals surface area contributed by atoms with Gasteiger partial charge in [0.2, 0.25) is 0 Å². The molecule has 0 fully saturated rings. The topological polar surface area (TPSA) is 66.7 Å². The van der Waals surface area contributed by atoms with Crippen molar-refractivity contribution < 1.29 is 0 Å². The summed E-state index contributed by atoms with van der Waals surface area (Å²) in [6, 6.07) is 14.7. The zero-order chi connectivity index (χ0) is 14.2. The lowest BCUT2D eigenvalue weighted by Crippen LogP contribution is -2.19. The molecular weight excluding hydrogens is 260 g/mol. The number of para-hydroxylation sites is 2. The van der Waals surface area contributed by atoms with Crippen molar-refractivity contribution >= 4 is 16.7 Å². The summed E-state index contributed by atoms with van der Waals surface area (Å²) in [4.78, 5) is 7.96. The van der Waals surface area contributed by atoms with E-state index in [0.717, 1.165) is 41.9 Å². The number of aromatic amines is 1. The molecule has 2 aromatic carbocycles. The third kappa shape index (κ3) is 2.28. The van der Waals surface area contributed by atoms with Crippen LogP contribution in [0.3, 0.4) is 0 Å². The van der Waals surface area contributed by atoms with Crippen LogP contribution in [-0.4, -0.2) is 9.97 Å². The molecule has 0 amide bonds. The van der Waals surface area contributed by atoms with Crippen molar-refractivity contribution in [2.45, 2.75) is 25.4 Å². The molecule has 1 atom stereocenters. The van der Waals surface area contributed by atoms with Crippen molar-refractivity contribution in [2.24, 2.45) is 0 Å². The normalized spacial score (nSPS) is 17.2. The first-order valence-electron chi connectivity index (χ1n) is 7.35. The first kappa shape index (κ1) is 12.4. The summed E-state index contributed by atoms with van der Waals surface area (Å²) in [6.45, 7) is 0.753. The highest BCUT2D eigenvalue weighted by molar-refractivity contribution is 5.74. The molecule has 0 spiro atoms. The molecule has 1 heterocycles. The third-order valence-electron chi connectivity index (χ3n) is 4.20. The number of H-pyrrole nitrogens is 1. The summed E-state index contributed by atoms with van der Waals surface area (Å²) in [6.07, 6.45) is 2.22. The number of nitrogens with one attached hydrogen (secondary N) is 2. The Labute approximate surface area is 123 Å². The second-order valence-corrected chi connectivity index (χ2v) is 5.63. The SMILES string of the molecule is Nc1ccc2c(c1)CCC2NCc1nc2ccccc2[nH]1. The predicted octanol–water partition coefficient (Wildman–Crippen LogP) is 2.92. The smallest absolute Gasteiger partial charge is 0.121 e. The first-order valence-corrected chi connectivity index (χ1v) is 7.35. The van der Waals surface area contributed by atoms with Crippen LogP contribution in [0.15, 0.2) is 42.5 Å². The summed E-state index contributed by atoms with van der Waals surface area (Å²) in [5, 5.41) is 3.60. The molecule has 1 unspecified atom stereocenters. The van der Waals surface area contributed by atoms with Gasteiger partial charge in [-0.05, 0) is 48.2 Å². The molecule has 0 aliphatic heterocycles. The Balaban J connectivity index is 1.51. The van der Waals surface area contributed by atoms with Crippen LogP contribution in [0, 0.1) is 0 Å². The van der Waals surface area contributed by atoms with Crippen molar-refractivity contribution in [3.05, 3.63) is 59.4 Å². The van der Waals surface area contributed by atoms with Crippen molar-refractivity contribution in [2.75, 3.05) is 5.73 Å². The van der Waals surface area contributed by atoms with Crippen molar-refractivity contribution in [1.29, 1.82) is 0 Å². The van der Waals surface area contributed by atoms with Gasteiger partial charge in [0.05, 0.1) is 17.6 Å². The van der Waals surface area contributed by atoms with Crippen LogP contribution in [0.1, 0.15) is 29.4 Å². The van der Waals surface area contributed by atoms with Crippen LogP contribution >= 0.6 is 0 Å². The molecule has 4 N–H and O–H groups in total. The molecule has 0 saturated heterocycles. The number of fused-ring (bicyclic) bond motifs is 2. The first-order chi connectivity index (χ1) is 10.3. The number of hydrogen-bond donors (Lipinski definition) is 3. The molecule has 1 aromatic heterocycles. The Bertz CT molecular complexity index is 757. The minimum absolute atomic E-state index is 0.397. The number of anilines is 1. The van der Waals surface area contributed by atoms with E-state index < -0.39 is 0 Å². The number of nitrogens with zero attached hydrogens (tertiary/aromatic N) is 1. The maximum Gasteiger partial charge on any atom is 0.121 e. The number of imidazole rings is 1. The second-order valence-electron chi connectivity index (χ2n) is 5.63. The number of benzene rings is 2. The van der Waals surface area contributed by atoms with Gasteiger partial charge in [0.25, 0.3) is 0 Å². The summed E-state index contributed by atoms with van der Waals surface area (Å²) in [7, 11) is 0. The number of aromatic nitrogens is 2. The van der Waals surface area contributed by atoms with Gasteiger partial charge < -0.3 is 16.0 Å². The van der Waals surface area contributed by atoms with Crippen LogP contribution in [0.2, 0.25) is 0 Å². The second kappa shape index (κ2) is 4.90. The van der Waals surface area contributed by atoms with Gasteiger partial charge in [-0.15, -0.1) is 0 Å². The van der Waals surface area contributed by atoms with Crippen LogP contribution in [0.25, 0.3) is 11.0 Å². The number of hydrogen-bond acceptors (Lipinski definition) is 3. The van der Waals surface area contributed by atoms with Crippen LogP contribution in [0.5, 0.6) is 0 Å². The van der Waals surface area contributed by atoms with Gasteiger partial charge in [-0.1, -0.05) is 18.2 Å². The standard InChI is InChI=1S/C17H18N4/c18-12-6-7-13-11(9-12)5-8-14(13)19-10-17-20-15-3-1-2-4-16(15)21-17/h1-4,6-7,9,14,19H,5,8,10,18H2,(H,20,21). The van der Waals surface area contributed by atoms with Gasteiger partial charge >= 0.3 is 0 Å². The molecule has 4 heteroatoms. The third-order valence-corrected chi connectivity index (χ3v) is 4.20.